The Morgan fingerprint density at radius 3 is 1.12 bits per heavy atom. The molecular weight excluding hydrogens is 831 g/mol. The molecule has 0 atom stereocenters. The van der Waals surface area contributed by atoms with Crippen molar-refractivity contribution in [3.8, 4) is 66.8 Å². The first-order chi connectivity index (χ1) is 33.7. The van der Waals surface area contributed by atoms with E-state index in [4.69, 9.17) is 0 Å². The smallest absolute Gasteiger partial charge is 0.0620 e. The molecule has 0 fully saturated rings. The first kappa shape index (κ1) is 38.8. The van der Waals surface area contributed by atoms with Crippen LogP contribution in [0.1, 0.15) is 49.9 Å². The Bertz CT molecular complexity index is 4050. The largest absolute Gasteiger partial charge is 0.308 e. The number of fused-ring (bicyclic) bond motifs is 14. The van der Waals surface area contributed by atoms with Gasteiger partial charge in [-0.3, -0.25) is 0 Å². The topological polar surface area (TPSA) is 4.41 Å². The first-order valence-electron chi connectivity index (χ1n) is 24.5. The molecule has 15 rings (SSSR count). The van der Waals surface area contributed by atoms with Gasteiger partial charge in [0.15, 0.2) is 0 Å². The lowest BCUT2D eigenvalue weighted by Gasteiger charge is -2.22. The average Bonchev–Trinajstić information content (AvgIpc) is 4.05. The average molecular weight is 878 g/mol. The van der Waals surface area contributed by atoms with E-state index >= 15 is 0 Å². The molecule has 0 saturated carbocycles. The summed E-state index contributed by atoms with van der Waals surface area (Å²) < 4.78 is 2.58. The van der Waals surface area contributed by atoms with Gasteiger partial charge in [0.25, 0.3) is 0 Å². The summed E-state index contributed by atoms with van der Waals surface area (Å²) in [5.74, 6) is 0. The fourth-order valence-corrected chi connectivity index (χ4v) is 13.1. The Morgan fingerprint density at radius 1 is 0.290 bits per heavy atom. The van der Waals surface area contributed by atoms with Crippen molar-refractivity contribution in [2.45, 2.75) is 38.5 Å². The molecule has 69 heavy (non-hydrogen) atoms. The maximum Gasteiger partial charge on any atom is 0.0620 e. The van der Waals surface area contributed by atoms with Gasteiger partial charge < -0.3 is 4.40 Å². The highest BCUT2D eigenvalue weighted by Crippen LogP contribution is 2.53. The zero-order valence-corrected chi connectivity index (χ0v) is 39.2. The van der Waals surface area contributed by atoms with Crippen LogP contribution in [0.2, 0.25) is 0 Å². The molecule has 0 radical (unpaired) electrons. The van der Waals surface area contributed by atoms with Crippen LogP contribution in [0.4, 0.5) is 0 Å². The minimum absolute atomic E-state index is 0.0419. The van der Waals surface area contributed by atoms with E-state index in [-0.39, 0.29) is 10.8 Å². The molecule has 2 aliphatic carbocycles. The van der Waals surface area contributed by atoms with Crippen LogP contribution in [-0.2, 0) is 10.8 Å². The second kappa shape index (κ2) is 13.7. The fourth-order valence-electron chi connectivity index (χ4n) is 13.1. The van der Waals surface area contributed by atoms with E-state index in [1.54, 1.807) is 0 Å². The predicted octanol–water partition coefficient (Wildman–Crippen LogP) is 18.4. The van der Waals surface area contributed by atoms with Gasteiger partial charge in [0.05, 0.1) is 16.6 Å². The van der Waals surface area contributed by atoms with Gasteiger partial charge in [0, 0.05) is 32.4 Å². The Kier molecular flexibility index (Phi) is 7.70. The zero-order valence-electron chi connectivity index (χ0n) is 39.2. The van der Waals surface area contributed by atoms with Crippen LogP contribution < -0.4 is 0 Å². The van der Waals surface area contributed by atoms with E-state index in [1.807, 2.05) is 0 Å². The van der Waals surface area contributed by atoms with Crippen LogP contribution in [0.5, 0.6) is 0 Å². The van der Waals surface area contributed by atoms with Crippen molar-refractivity contribution < 1.29 is 0 Å². The number of rotatable bonds is 4. The molecule has 2 heterocycles. The zero-order chi connectivity index (χ0) is 45.9. The van der Waals surface area contributed by atoms with E-state index in [0.29, 0.717) is 0 Å². The Morgan fingerprint density at radius 2 is 0.652 bits per heavy atom. The molecule has 2 aliphatic rings. The predicted molar refractivity (Wildman–Crippen MR) is 293 cm³/mol. The summed E-state index contributed by atoms with van der Waals surface area (Å²) in [7, 11) is 0. The van der Waals surface area contributed by atoms with Crippen molar-refractivity contribution in [3.05, 3.63) is 235 Å². The molecule has 13 aromatic rings. The van der Waals surface area contributed by atoms with Gasteiger partial charge >= 0.3 is 0 Å². The number of benzene rings is 11. The van der Waals surface area contributed by atoms with Gasteiger partial charge in [-0.05, 0) is 135 Å². The number of para-hydroxylation sites is 1. The third-order valence-corrected chi connectivity index (χ3v) is 16.5. The standard InChI is InChI=1S/C68H47N/c1-67(2)56-22-11-9-18-50(56)52-34-32-44(36-58(52)67)40-24-28-42(29-25-40)62-48-16-7-5-14-46(48)38-60-64(62)54-20-13-21-55-65-61(69(60)66(54)55)39-47-15-6-8-17-49(47)63(65)43-30-26-41(27-31-43)45-33-35-53-51-19-10-12-23-57(51)68(3,4)59(53)37-45/h5-39H,1-4H3. The molecule has 2 aromatic heterocycles. The molecule has 11 aromatic carbocycles. The van der Waals surface area contributed by atoms with Crippen molar-refractivity contribution in [2.24, 2.45) is 0 Å². The first-order valence-corrected chi connectivity index (χ1v) is 24.5. The maximum absolute atomic E-state index is 2.58. The van der Waals surface area contributed by atoms with Crippen LogP contribution in [0.25, 0.3) is 126 Å². The summed E-state index contributed by atoms with van der Waals surface area (Å²) in [5.41, 5.74) is 24.8. The molecule has 0 N–H and O–H groups in total. The van der Waals surface area contributed by atoms with Crippen molar-refractivity contribution in [1.82, 2.24) is 4.40 Å². The van der Waals surface area contributed by atoms with Gasteiger partial charge in [0.1, 0.15) is 0 Å². The highest BCUT2D eigenvalue weighted by molar-refractivity contribution is 6.32. The minimum atomic E-state index is -0.0419. The molecular formula is C68H47N. The van der Waals surface area contributed by atoms with Gasteiger partial charge in [0.2, 0.25) is 0 Å². The summed E-state index contributed by atoms with van der Waals surface area (Å²) >= 11 is 0. The molecule has 1 nitrogen and oxygen atoms in total. The normalized spacial score (nSPS) is 14.3. The Hall–Kier alpha value is -8.26. The summed E-state index contributed by atoms with van der Waals surface area (Å²) in [5, 5.41) is 10.2. The molecule has 0 unspecified atom stereocenters. The summed E-state index contributed by atoms with van der Waals surface area (Å²) in [4.78, 5) is 0. The lowest BCUT2D eigenvalue weighted by molar-refractivity contribution is 0.660. The lowest BCUT2D eigenvalue weighted by Crippen LogP contribution is -2.14. The Balaban J connectivity index is 0.897. The molecule has 0 aliphatic heterocycles. The van der Waals surface area contributed by atoms with Crippen molar-refractivity contribution in [1.29, 1.82) is 0 Å². The highest BCUT2D eigenvalue weighted by atomic mass is 14.9. The van der Waals surface area contributed by atoms with Gasteiger partial charge in [-0.2, -0.15) is 0 Å². The highest BCUT2D eigenvalue weighted by Gasteiger charge is 2.36. The minimum Gasteiger partial charge on any atom is -0.308 e. The summed E-state index contributed by atoms with van der Waals surface area (Å²) in [6.45, 7) is 9.45. The van der Waals surface area contributed by atoms with Crippen molar-refractivity contribution in [2.75, 3.05) is 0 Å². The quantitative estimate of drug-likeness (QED) is 0.166. The molecule has 0 spiro atoms. The SMILES string of the molecule is CC1(C)c2ccccc2-c2ccc(-c3ccc(-c4c5ccccc5cc5c4c4cccc6c7c(-c8ccc(-c9ccc%10c(c9)C(C)(C)c9ccccc9-%10)cc8)c8ccccc8cc7n5c46)cc3)cc21. The van der Waals surface area contributed by atoms with Crippen molar-refractivity contribution >= 4 is 59.6 Å². The van der Waals surface area contributed by atoms with Gasteiger partial charge in [-0.25, -0.2) is 0 Å². The Labute approximate surface area is 401 Å². The van der Waals surface area contributed by atoms with E-state index in [0.717, 1.165) is 0 Å². The molecule has 324 valence electrons. The van der Waals surface area contributed by atoms with Crippen LogP contribution in [0.15, 0.2) is 212 Å². The van der Waals surface area contributed by atoms with Gasteiger partial charge in [-0.1, -0.05) is 216 Å². The van der Waals surface area contributed by atoms with Crippen molar-refractivity contribution in [3.63, 3.8) is 0 Å². The second-order valence-corrected chi connectivity index (χ2v) is 20.8. The molecule has 0 bridgehead atoms. The van der Waals surface area contributed by atoms with Crippen LogP contribution in [-0.4, -0.2) is 4.40 Å². The van der Waals surface area contributed by atoms with E-state index in [1.165, 1.54) is 149 Å². The number of nitrogens with zero attached hydrogens (tertiary/aromatic N) is 1. The fraction of sp³-hybridized carbons (Fsp3) is 0.0882. The molecule has 0 saturated heterocycles. The lowest BCUT2D eigenvalue weighted by atomic mass is 9.81. The second-order valence-electron chi connectivity index (χ2n) is 20.8. The summed E-state index contributed by atoms with van der Waals surface area (Å²) in [6.07, 6.45) is 0. The van der Waals surface area contributed by atoms with Crippen LogP contribution >= 0.6 is 0 Å². The van der Waals surface area contributed by atoms with E-state index in [9.17, 15) is 0 Å². The van der Waals surface area contributed by atoms with Crippen LogP contribution in [0.3, 0.4) is 0 Å². The third-order valence-electron chi connectivity index (χ3n) is 16.5. The number of hydrogen-bond donors (Lipinski definition) is 0. The maximum atomic E-state index is 2.58. The third kappa shape index (κ3) is 5.20. The molecule has 1 heteroatoms. The molecule has 0 amide bonds. The van der Waals surface area contributed by atoms with E-state index < -0.39 is 0 Å². The number of hydrogen-bond acceptors (Lipinski definition) is 0. The van der Waals surface area contributed by atoms with Crippen LogP contribution in [0, 0.1) is 0 Å². The monoisotopic (exact) mass is 877 g/mol. The number of aromatic nitrogens is 1. The van der Waals surface area contributed by atoms with Gasteiger partial charge in [-0.15, -0.1) is 0 Å². The van der Waals surface area contributed by atoms with E-state index in [2.05, 4.69) is 244 Å². The summed E-state index contributed by atoms with van der Waals surface area (Å²) in [6, 6.07) is 80.5.